The molecule has 19 heavy (non-hydrogen) atoms. The van der Waals surface area contributed by atoms with E-state index in [1.54, 1.807) is 6.07 Å². The highest BCUT2D eigenvalue weighted by atomic mass is 32.2. The number of nitrogens with two attached hydrogens (primary N) is 1. The third-order valence-electron chi connectivity index (χ3n) is 2.93. The fourth-order valence-corrected chi connectivity index (χ4v) is 4.77. The van der Waals surface area contributed by atoms with E-state index in [2.05, 4.69) is 9.71 Å². The summed E-state index contributed by atoms with van der Waals surface area (Å²) in [7, 11) is -6.83. The number of nitrogens with zero attached hydrogens (tertiary/aromatic N) is 1. The van der Waals surface area contributed by atoms with Gasteiger partial charge in [-0.1, -0.05) is 0 Å². The predicted molar refractivity (Wildman–Crippen MR) is 70.6 cm³/mol. The molecule has 1 aromatic rings. The van der Waals surface area contributed by atoms with Gasteiger partial charge in [0.15, 0.2) is 5.03 Å². The molecule has 0 unspecified atom stereocenters. The lowest BCUT2D eigenvalue weighted by Crippen LogP contribution is -2.41. The van der Waals surface area contributed by atoms with Gasteiger partial charge in [-0.2, -0.15) is 0 Å². The lowest BCUT2D eigenvalue weighted by molar-refractivity contribution is 0.504. The summed E-state index contributed by atoms with van der Waals surface area (Å²) in [5, 5.41) is -0.219. The maximum Gasteiger partial charge on any atom is 0.260 e. The molecule has 1 fully saturated rings. The summed E-state index contributed by atoms with van der Waals surface area (Å²) in [6.07, 6.45) is 1.89. The van der Waals surface area contributed by atoms with Gasteiger partial charge in [0, 0.05) is 12.2 Å². The Bertz CT molecular complexity index is 656. The van der Waals surface area contributed by atoms with Crippen LogP contribution in [0.15, 0.2) is 23.4 Å². The van der Waals surface area contributed by atoms with Crippen molar-refractivity contribution in [2.75, 3.05) is 17.2 Å². The summed E-state index contributed by atoms with van der Waals surface area (Å²) in [6.45, 7) is 0. The number of rotatable bonds is 3. The molecule has 1 aliphatic heterocycles. The highest BCUT2D eigenvalue weighted by Crippen LogP contribution is 2.18. The van der Waals surface area contributed by atoms with Crippen LogP contribution < -0.4 is 10.5 Å². The summed E-state index contributed by atoms with van der Waals surface area (Å²) >= 11 is 0. The molecular weight excluding hydrogens is 290 g/mol. The van der Waals surface area contributed by atoms with Crippen LogP contribution in [0.4, 0.5) is 5.69 Å². The molecule has 0 spiro atoms. The third-order valence-corrected chi connectivity index (χ3v) is 6.14. The van der Waals surface area contributed by atoms with Crippen molar-refractivity contribution in [3.8, 4) is 0 Å². The highest BCUT2D eigenvalue weighted by Gasteiger charge is 2.28. The van der Waals surface area contributed by atoms with Crippen LogP contribution in [-0.2, 0) is 19.9 Å². The zero-order chi connectivity index (χ0) is 14.1. The van der Waals surface area contributed by atoms with Crippen LogP contribution in [0.1, 0.15) is 12.8 Å². The molecule has 106 valence electrons. The predicted octanol–water partition coefficient (Wildman–Crippen LogP) is -0.481. The van der Waals surface area contributed by atoms with Crippen molar-refractivity contribution in [1.29, 1.82) is 0 Å². The van der Waals surface area contributed by atoms with Gasteiger partial charge < -0.3 is 5.73 Å². The van der Waals surface area contributed by atoms with Crippen LogP contribution in [0.2, 0.25) is 0 Å². The van der Waals surface area contributed by atoms with Crippen LogP contribution >= 0.6 is 0 Å². The van der Waals surface area contributed by atoms with Gasteiger partial charge in [0.25, 0.3) is 10.0 Å². The van der Waals surface area contributed by atoms with Gasteiger partial charge in [-0.3, -0.25) is 0 Å². The first-order valence-electron chi connectivity index (χ1n) is 5.73. The number of hydrogen-bond donors (Lipinski definition) is 2. The normalized spacial score (nSPS) is 20.2. The number of sulfone groups is 1. The van der Waals surface area contributed by atoms with E-state index in [0.29, 0.717) is 0 Å². The molecule has 0 bridgehead atoms. The molecule has 0 aliphatic carbocycles. The zero-order valence-corrected chi connectivity index (χ0v) is 11.7. The largest absolute Gasteiger partial charge is 0.396 e. The minimum atomic E-state index is -3.81. The molecule has 0 radical (unpaired) electrons. The van der Waals surface area contributed by atoms with Crippen molar-refractivity contribution in [2.45, 2.75) is 23.9 Å². The van der Waals surface area contributed by atoms with E-state index in [4.69, 9.17) is 5.73 Å². The van der Waals surface area contributed by atoms with Gasteiger partial charge in [0.05, 0.1) is 17.2 Å². The SMILES string of the molecule is Nc1cccnc1S(=O)(=O)NC1CCS(=O)(=O)CC1. The van der Waals surface area contributed by atoms with E-state index < -0.39 is 25.9 Å². The number of pyridine rings is 1. The Hall–Kier alpha value is -1.19. The van der Waals surface area contributed by atoms with Crippen molar-refractivity contribution < 1.29 is 16.8 Å². The first-order chi connectivity index (χ1) is 8.80. The Morgan fingerprint density at radius 2 is 1.95 bits per heavy atom. The molecule has 0 amide bonds. The molecule has 1 aromatic heterocycles. The Morgan fingerprint density at radius 1 is 1.32 bits per heavy atom. The quantitative estimate of drug-likeness (QED) is 0.778. The lowest BCUT2D eigenvalue weighted by atomic mass is 10.2. The molecule has 0 saturated carbocycles. The lowest BCUT2D eigenvalue weighted by Gasteiger charge is -2.22. The van der Waals surface area contributed by atoms with Crippen LogP contribution in [0.5, 0.6) is 0 Å². The summed E-state index contributed by atoms with van der Waals surface area (Å²) < 4.78 is 49.2. The second-order valence-corrected chi connectivity index (χ2v) is 8.38. The first-order valence-corrected chi connectivity index (χ1v) is 9.04. The number of sulfonamides is 1. The summed E-state index contributed by atoms with van der Waals surface area (Å²) in [5.74, 6) is -0.00419. The van der Waals surface area contributed by atoms with E-state index in [0.717, 1.165) is 0 Å². The monoisotopic (exact) mass is 305 g/mol. The molecule has 0 aromatic carbocycles. The molecule has 1 saturated heterocycles. The Balaban J connectivity index is 2.13. The van der Waals surface area contributed by atoms with Crippen LogP contribution in [0.3, 0.4) is 0 Å². The first kappa shape index (κ1) is 14.2. The van der Waals surface area contributed by atoms with Crippen molar-refractivity contribution in [3.63, 3.8) is 0 Å². The van der Waals surface area contributed by atoms with Gasteiger partial charge >= 0.3 is 0 Å². The number of hydrogen-bond acceptors (Lipinski definition) is 6. The van der Waals surface area contributed by atoms with E-state index in [9.17, 15) is 16.8 Å². The number of nitrogen functional groups attached to an aromatic ring is 1. The van der Waals surface area contributed by atoms with Gasteiger partial charge in [-0.05, 0) is 25.0 Å². The van der Waals surface area contributed by atoms with Crippen LogP contribution in [-0.4, -0.2) is 39.4 Å². The maximum atomic E-state index is 12.1. The topological polar surface area (TPSA) is 119 Å². The van der Waals surface area contributed by atoms with E-state index in [1.165, 1.54) is 12.3 Å². The van der Waals surface area contributed by atoms with Crippen LogP contribution in [0, 0.1) is 0 Å². The minimum absolute atomic E-state index is 0.00210. The van der Waals surface area contributed by atoms with Crippen molar-refractivity contribution in [1.82, 2.24) is 9.71 Å². The van der Waals surface area contributed by atoms with Gasteiger partial charge in [-0.25, -0.2) is 26.5 Å². The van der Waals surface area contributed by atoms with Gasteiger partial charge in [0.1, 0.15) is 9.84 Å². The average molecular weight is 305 g/mol. The second-order valence-electron chi connectivity index (χ2n) is 4.45. The third kappa shape index (κ3) is 3.43. The van der Waals surface area contributed by atoms with E-state index in [1.807, 2.05) is 0 Å². The number of anilines is 1. The smallest absolute Gasteiger partial charge is 0.260 e. The molecular formula is C10H15N3O4S2. The van der Waals surface area contributed by atoms with Gasteiger partial charge in [-0.15, -0.1) is 0 Å². The van der Waals surface area contributed by atoms with Gasteiger partial charge in [0.2, 0.25) is 0 Å². The standard InChI is InChI=1S/C10H15N3O4S2/c11-9-2-1-5-12-10(9)19(16,17)13-8-3-6-18(14,15)7-4-8/h1-2,5,8,13H,3-4,6-7,11H2. The van der Waals surface area contributed by atoms with E-state index >= 15 is 0 Å². The summed E-state index contributed by atoms with van der Waals surface area (Å²) in [6, 6.07) is 2.60. The molecule has 1 aliphatic rings. The molecule has 2 heterocycles. The minimum Gasteiger partial charge on any atom is -0.396 e. The molecule has 7 nitrogen and oxygen atoms in total. The molecule has 9 heteroatoms. The summed E-state index contributed by atoms with van der Waals surface area (Å²) in [5.41, 5.74) is 5.65. The summed E-state index contributed by atoms with van der Waals surface area (Å²) in [4.78, 5) is 3.75. The molecule has 0 atom stereocenters. The number of nitrogens with one attached hydrogen (secondary N) is 1. The molecule has 2 rings (SSSR count). The van der Waals surface area contributed by atoms with Crippen molar-refractivity contribution >= 4 is 25.5 Å². The maximum absolute atomic E-state index is 12.1. The van der Waals surface area contributed by atoms with Crippen LogP contribution in [0.25, 0.3) is 0 Å². The second kappa shape index (κ2) is 5.06. The fraction of sp³-hybridized carbons (Fsp3) is 0.500. The van der Waals surface area contributed by atoms with Crippen molar-refractivity contribution in [2.24, 2.45) is 0 Å². The number of aromatic nitrogens is 1. The fourth-order valence-electron chi connectivity index (χ4n) is 1.91. The average Bonchev–Trinajstić information content (AvgIpc) is 2.32. The highest BCUT2D eigenvalue weighted by molar-refractivity contribution is 7.91. The Morgan fingerprint density at radius 3 is 2.53 bits per heavy atom. The van der Waals surface area contributed by atoms with E-state index in [-0.39, 0.29) is 35.1 Å². The van der Waals surface area contributed by atoms with Crippen molar-refractivity contribution in [3.05, 3.63) is 18.3 Å². The molecule has 3 N–H and O–H groups in total. The Kier molecular flexibility index (Phi) is 3.79. The zero-order valence-electron chi connectivity index (χ0n) is 10.1. The Labute approximate surface area is 112 Å².